The SMILES string of the molecule is Cc1nc2ccc(NC(=O)CC(C)C3CCCNC3)cc2[nH]1. The van der Waals surface area contributed by atoms with E-state index in [2.05, 4.69) is 27.5 Å². The molecule has 3 N–H and O–H groups in total. The van der Waals surface area contributed by atoms with Gasteiger partial charge in [-0.1, -0.05) is 6.92 Å². The first-order valence-electron chi connectivity index (χ1n) is 8.09. The van der Waals surface area contributed by atoms with Gasteiger partial charge in [-0.05, 0) is 62.9 Å². The predicted molar refractivity (Wildman–Crippen MR) is 88.8 cm³/mol. The monoisotopic (exact) mass is 300 g/mol. The van der Waals surface area contributed by atoms with Gasteiger partial charge in [-0.15, -0.1) is 0 Å². The molecule has 22 heavy (non-hydrogen) atoms. The molecular formula is C17H24N4O. The van der Waals surface area contributed by atoms with E-state index in [1.807, 2.05) is 25.1 Å². The highest BCUT2D eigenvalue weighted by molar-refractivity contribution is 5.93. The van der Waals surface area contributed by atoms with Crippen LogP contribution in [0.3, 0.4) is 0 Å². The normalized spacial score (nSPS) is 20.0. The number of piperidine rings is 1. The van der Waals surface area contributed by atoms with Crippen LogP contribution in [-0.2, 0) is 4.79 Å². The van der Waals surface area contributed by atoms with Crippen molar-refractivity contribution in [3.8, 4) is 0 Å². The largest absolute Gasteiger partial charge is 0.342 e. The van der Waals surface area contributed by atoms with E-state index in [1.54, 1.807) is 0 Å². The zero-order valence-electron chi connectivity index (χ0n) is 13.3. The van der Waals surface area contributed by atoms with Crippen LogP contribution in [0.15, 0.2) is 18.2 Å². The molecule has 1 amide bonds. The summed E-state index contributed by atoms with van der Waals surface area (Å²) in [6.45, 7) is 6.25. The van der Waals surface area contributed by atoms with Crippen molar-refractivity contribution in [2.75, 3.05) is 18.4 Å². The summed E-state index contributed by atoms with van der Waals surface area (Å²) in [5, 5.41) is 6.42. The number of amides is 1. The van der Waals surface area contributed by atoms with Crippen molar-refractivity contribution in [3.05, 3.63) is 24.0 Å². The van der Waals surface area contributed by atoms with E-state index >= 15 is 0 Å². The van der Waals surface area contributed by atoms with Gasteiger partial charge in [0.15, 0.2) is 0 Å². The van der Waals surface area contributed by atoms with Crippen LogP contribution in [0.5, 0.6) is 0 Å². The number of nitrogens with zero attached hydrogens (tertiary/aromatic N) is 1. The van der Waals surface area contributed by atoms with Crippen molar-refractivity contribution >= 4 is 22.6 Å². The Labute approximate surface area is 130 Å². The number of fused-ring (bicyclic) bond motifs is 1. The summed E-state index contributed by atoms with van der Waals surface area (Å²) in [4.78, 5) is 19.8. The molecule has 3 rings (SSSR count). The van der Waals surface area contributed by atoms with Crippen LogP contribution < -0.4 is 10.6 Å². The van der Waals surface area contributed by atoms with Crippen molar-refractivity contribution in [1.29, 1.82) is 0 Å². The summed E-state index contributed by atoms with van der Waals surface area (Å²) in [5.41, 5.74) is 2.71. The minimum absolute atomic E-state index is 0.0914. The highest BCUT2D eigenvalue weighted by atomic mass is 16.1. The van der Waals surface area contributed by atoms with Crippen LogP contribution in [0.25, 0.3) is 11.0 Å². The van der Waals surface area contributed by atoms with E-state index in [1.165, 1.54) is 12.8 Å². The standard InChI is InChI=1S/C17H24N4O/c1-11(13-4-3-7-18-10-13)8-17(22)21-14-5-6-15-16(9-14)20-12(2)19-15/h5-6,9,11,13,18H,3-4,7-8,10H2,1-2H3,(H,19,20)(H,21,22). The zero-order chi connectivity index (χ0) is 15.5. The van der Waals surface area contributed by atoms with Crippen LogP contribution in [0, 0.1) is 18.8 Å². The molecule has 1 aliphatic heterocycles. The third kappa shape index (κ3) is 3.47. The average Bonchev–Trinajstić information content (AvgIpc) is 2.87. The molecule has 5 nitrogen and oxygen atoms in total. The molecule has 1 fully saturated rings. The van der Waals surface area contributed by atoms with Crippen LogP contribution in [0.1, 0.15) is 32.0 Å². The zero-order valence-corrected chi connectivity index (χ0v) is 13.3. The summed E-state index contributed by atoms with van der Waals surface area (Å²) in [7, 11) is 0. The molecular weight excluding hydrogens is 276 g/mol. The van der Waals surface area contributed by atoms with E-state index in [0.717, 1.165) is 35.6 Å². The van der Waals surface area contributed by atoms with Crippen LogP contribution in [-0.4, -0.2) is 29.0 Å². The van der Waals surface area contributed by atoms with Gasteiger partial charge in [0, 0.05) is 12.1 Å². The Kier molecular flexibility index (Phi) is 4.43. The minimum atomic E-state index is 0.0914. The van der Waals surface area contributed by atoms with Gasteiger partial charge in [-0.3, -0.25) is 4.79 Å². The predicted octanol–water partition coefficient (Wildman–Crippen LogP) is 2.84. The highest BCUT2D eigenvalue weighted by Gasteiger charge is 2.22. The summed E-state index contributed by atoms with van der Waals surface area (Å²) in [6, 6.07) is 5.79. The van der Waals surface area contributed by atoms with Gasteiger partial charge in [0.05, 0.1) is 11.0 Å². The molecule has 2 aromatic rings. The molecule has 1 aromatic carbocycles. The molecule has 0 radical (unpaired) electrons. The van der Waals surface area contributed by atoms with Crippen molar-refractivity contribution < 1.29 is 4.79 Å². The van der Waals surface area contributed by atoms with Gasteiger partial charge < -0.3 is 15.6 Å². The van der Waals surface area contributed by atoms with Crippen molar-refractivity contribution in [2.45, 2.75) is 33.1 Å². The number of aryl methyl sites for hydroxylation is 1. The smallest absolute Gasteiger partial charge is 0.224 e. The first-order chi connectivity index (χ1) is 10.6. The molecule has 118 valence electrons. The lowest BCUT2D eigenvalue weighted by molar-refractivity contribution is -0.117. The number of carbonyl (C=O) groups excluding carboxylic acids is 1. The molecule has 0 bridgehead atoms. The minimum Gasteiger partial charge on any atom is -0.342 e. The molecule has 0 saturated carbocycles. The number of H-pyrrole nitrogens is 1. The summed E-state index contributed by atoms with van der Waals surface area (Å²) in [6.07, 6.45) is 3.01. The second kappa shape index (κ2) is 6.48. The number of benzene rings is 1. The van der Waals surface area contributed by atoms with Gasteiger partial charge in [0.1, 0.15) is 5.82 Å². The number of carbonyl (C=O) groups is 1. The van der Waals surface area contributed by atoms with E-state index in [9.17, 15) is 4.79 Å². The maximum absolute atomic E-state index is 12.2. The Balaban J connectivity index is 1.59. The third-order valence-electron chi connectivity index (χ3n) is 4.53. The van der Waals surface area contributed by atoms with E-state index in [0.29, 0.717) is 18.3 Å². The third-order valence-corrected chi connectivity index (χ3v) is 4.53. The molecule has 0 aliphatic carbocycles. The van der Waals surface area contributed by atoms with Crippen LogP contribution in [0.2, 0.25) is 0 Å². The maximum atomic E-state index is 12.2. The fraction of sp³-hybridized carbons (Fsp3) is 0.529. The van der Waals surface area contributed by atoms with Gasteiger partial charge in [0.25, 0.3) is 0 Å². The Morgan fingerprint density at radius 2 is 2.36 bits per heavy atom. The molecule has 2 unspecified atom stereocenters. The summed E-state index contributed by atoms with van der Waals surface area (Å²) < 4.78 is 0. The van der Waals surface area contributed by atoms with Crippen molar-refractivity contribution in [1.82, 2.24) is 15.3 Å². The lowest BCUT2D eigenvalue weighted by Crippen LogP contribution is -2.34. The second-order valence-electron chi connectivity index (χ2n) is 6.39. The molecule has 1 aromatic heterocycles. The first kappa shape index (κ1) is 15.0. The first-order valence-corrected chi connectivity index (χ1v) is 8.09. The summed E-state index contributed by atoms with van der Waals surface area (Å²) >= 11 is 0. The molecule has 5 heteroatoms. The number of nitrogens with one attached hydrogen (secondary N) is 3. The van der Waals surface area contributed by atoms with Crippen molar-refractivity contribution in [3.63, 3.8) is 0 Å². The fourth-order valence-electron chi connectivity index (χ4n) is 3.25. The second-order valence-corrected chi connectivity index (χ2v) is 6.39. The Hall–Kier alpha value is -1.88. The van der Waals surface area contributed by atoms with E-state index < -0.39 is 0 Å². The Bertz CT molecular complexity index is 658. The van der Waals surface area contributed by atoms with Gasteiger partial charge in [0.2, 0.25) is 5.91 Å². The van der Waals surface area contributed by atoms with Gasteiger partial charge in [-0.2, -0.15) is 0 Å². The number of aromatic nitrogens is 2. The Morgan fingerprint density at radius 1 is 1.50 bits per heavy atom. The number of anilines is 1. The quantitative estimate of drug-likeness (QED) is 0.813. The van der Waals surface area contributed by atoms with Crippen LogP contribution in [0.4, 0.5) is 5.69 Å². The number of aromatic amines is 1. The number of rotatable bonds is 4. The topological polar surface area (TPSA) is 69.8 Å². The summed E-state index contributed by atoms with van der Waals surface area (Å²) in [5.74, 6) is 1.99. The average molecular weight is 300 g/mol. The highest BCUT2D eigenvalue weighted by Crippen LogP contribution is 2.23. The fourth-order valence-corrected chi connectivity index (χ4v) is 3.25. The van der Waals surface area contributed by atoms with E-state index in [4.69, 9.17) is 0 Å². The lowest BCUT2D eigenvalue weighted by Gasteiger charge is -2.28. The lowest BCUT2D eigenvalue weighted by atomic mass is 9.85. The van der Waals surface area contributed by atoms with Crippen molar-refractivity contribution in [2.24, 2.45) is 11.8 Å². The molecule has 1 saturated heterocycles. The molecule has 1 aliphatic rings. The van der Waals surface area contributed by atoms with Gasteiger partial charge >= 0.3 is 0 Å². The van der Waals surface area contributed by atoms with Gasteiger partial charge in [-0.25, -0.2) is 4.98 Å². The molecule has 2 heterocycles. The van der Waals surface area contributed by atoms with E-state index in [-0.39, 0.29) is 5.91 Å². The molecule has 2 atom stereocenters. The Morgan fingerprint density at radius 3 is 3.14 bits per heavy atom. The molecule has 0 spiro atoms. The number of hydrogen-bond acceptors (Lipinski definition) is 3. The number of imidazole rings is 1. The maximum Gasteiger partial charge on any atom is 0.224 e. The number of hydrogen-bond donors (Lipinski definition) is 3. The van der Waals surface area contributed by atoms with Crippen LogP contribution >= 0.6 is 0 Å².